The molecule has 0 spiro atoms. The summed E-state index contributed by atoms with van der Waals surface area (Å²) < 4.78 is 5.21. The Kier molecular flexibility index (Phi) is 6.38. The van der Waals surface area contributed by atoms with Gasteiger partial charge in [-0.2, -0.15) is 0 Å². The first-order valence-electron chi connectivity index (χ1n) is 9.66. The van der Waals surface area contributed by atoms with E-state index in [1.165, 1.54) is 0 Å². The molecule has 0 aliphatic carbocycles. The highest BCUT2D eigenvalue weighted by Gasteiger charge is 2.17. The number of fused-ring (bicyclic) bond motifs is 1. The van der Waals surface area contributed by atoms with Crippen molar-refractivity contribution in [2.24, 2.45) is 5.11 Å². The molecule has 0 aliphatic rings. The van der Waals surface area contributed by atoms with Crippen molar-refractivity contribution >= 4 is 34.4 Å². The quantitative estimate of drug-likeness (QED) is 0.165. The monoisotopic (exact) mass is 414 g/mol. The Morgan fingerprint density at radius 2 is 1.68 bits per heavy atom. The highest BCUT2D eigenvalue weighted by Crippen LogP contribution is 2.23. The van der Waals surface area contributed by atoms with E-state index in [1.807, 2.05) is 42.5 Å². The summed E-state index contributed by atoms with van der Waals surface area (Å²) >= 11 is 0. The predicted octanol–water partition coefficient (Wildman–Crippen LogP) is 6.72. The molecule has 3 aromatic rings. The topological polar surface area (TPSA) is 104 Å². The molecule has 0 aliphatic heterocycles. The van der Waals surface area contributed by atoms with Crippen LogP contribution in [0.3, 0.4) is 0 Å². The summed E-state index contributed by atoms with van der Waals surface area (Å²) in [5.41, 5.74) is 9.91. The summed E-state index contributed by atoms with van der Waals surface area (Å²) in [6.07, 6.45) is 0.995. The number of hydrogen-bond donors (Lipinski definition) is 1. The summed E-state index contributed by atoms with van der Waals surface area (Å²) in [5, 5.41) is 8.19. The Hall–Kier alpha value is -4.09. The molecular formula is C24H22N4O3. The van der Waals surface area contributed by atoms with Gasteiger partial charge in [-0.3, -0.25) is 10.1 Å². The van der Waals surface area contributed by atoms with Crippen LogP contribution in [0.5, 0.6) is 0 Å². The van der Waals surface area contributed by atoms with Crippen molar-refractivity contribution in [3.05, 3.63) is 94.0 Å². The van der Waals surface area contributed by atoms with Crippen LogP contribution >= 0.6 is 0 Å². The van der Waals surface area contributed by atoms with Crippen LogP contribution in [0.4, 0.5) is 10.5 Å². The van der Waals surface area contributed by atoms with Crippen LogP contribution in [0, 0.1) is 0 Å². The molecule has 0 bridgehead atoms. The molecule has 0 saturated carbocycles. The molecule has 1 N–H and O–H groups in total. The van der Waals surface area contributed by atoms with E-state index in [2.05, 4.69) is 15.3 Å². The van der Waals surface area contributed by atoms with Gasteiger partial charge in [0.05, 0.1) is 5.70 Å². The van der Waals surface area contributed by atoms with E-state index in [4.69, 9.17) is 10.3 Å². The van der Waals surface area contributed by atoms with Gasteiger partial charge in [-0.25, -0.2) is 4.79 Å². The number of anilines is 1. The van der Waals surface area contributed by atoms with Crippen LogP contribution in [0.2, 0.25) is 0 Å². The fourth-order valence-corrected chi connectivity index (χ4v) is 2.99. The van der Waals surface area contributed by atoms with Crippen LogP contribution in [0.15, 0.2) is 77.5 Å². The van der Waals surface area contributed by atoms with Gasteiger partial charge in [-0.05, 0) is 73.0 Å². The SMILES string of the molecule is CC(C)(C)OC(=O)Nc1ccc(C(=O)/C(=C/c2cccc3ccccc23)N=[N+]=[N-])cc1. The maximum Gasteiger partial charge on any atom is 0.412 e. The molecule has 0 heterocycles. The van der Waals surface area contributed by atoms with Crippen LogP contribution in [0.25, 0.3) is 27.3 Å². The lowest BCUT2D eigenvalue weighted by molar-refractivity contribution is 0.0636. The third-order valence-corrected chi connectivity index (χ3v) is 4.29. The number of rotatable bonds is 5. The lowest BCUT2D eigenvalue weighted by Gasteiger charge is -2.19. The van der Waals surface area contributed by atoms with Crippen molar-refractivity contribution in [3.63, 3.8) is 0 Å². The van der Waals surface area contributed by atoms with E-state index in [0.717, 1.165) is 16.3 Å². The summed E-state index contributed by atoms with van der Waals surface area (Å²) in [6, 6.07) is 19.7. The number of azide groups is 1. The number of amides is 1. The van der Waals surface area contributed by atoms with Crippen LogP contribution < -0.4 is 5.32 Å². The number of allylic oxidation sites excluding steroid dienone is 1. The van der Waals surface area contributed by atoms with Gasteiger partial charge in [0.2, 0.25) is 0 Å². The molecule has 31 heavy (non-hydrogen) atoms. The van der Waals surface area contributed by atoms with Gasteiger partial charge < -0.3 is 4.74 Å². The van der Waals surface area contributed by atoms with Crippen molar-refractivity contribution < 1.29 is 14.3 Å². The molecule has 3 aromatic carbocycles. The highest BCUT2D eigenvalue weighted by atomic mass is 16.6. The fourth-order valence-electron chi connectivity index (χ4n) is 2.99. The fraction of sp³-hybridized carbons (Fsp3) is 0.167. The third-order valence-electron chi connectivity index (χ3n) is 4.29. The minimum atomic E-state index is -0.614. The summed E-state index contributed by atoms with van der Waals surface area (Å²) in [5.74, 6) is -0.422. The number of carbonyl (C=O) groups is 2. The van der Waals surface area contributed by atoms with E-state index in [1.54, 1.807) is 51.1 Å². The predicted molar refractivity (Wildman–Crippen MR) is 122 cm³/mol. The standard InChI is InChI=1S/C24H22N4O3/c1-24(2,3)31-23(30)26-19-13-11-17(12-14-19)22(29)21(27-28-25)15-18-9-6-8-16-7-4-5-10-20(16)18/h4-15H,1-3H3,(H,26,30)/b21-15-. The molecule has 0 aromatic heterocycles. The number of ketones is 1. The smallest absolute Gasteiger partial charge is 0.412 e. The van der Waals surface area contributed by atoms with E-state index in [-0.39, 0.29) is 5.70 Å². The molecule has 0 radical (unpaired) electrons. The highest BCUT2D eigenvalue weighted by molar-refractivity contribution is 6.12. The zero-order chi connectivity index (χ0) is 22.4. The number of Topliss-reactive ketones (excluding diaryl/α,β-unsaturated/α-hetero) is 1. The average molecular weight is 414 g/mol. The Morgan fingerprint density at radius 1 is 1.00 bits per heavy atom. The molecule has 0 saturated heterocycles. The van der Waals surface area contributed by atoms with Crippen molar-refractivity contribution in [3.8, 4) is 0 Å². The second kappa shape index (κ2) is 9.15. The van der Waals surface area contributed by atoms with Gasteiger partial charge in [-0.1, -0.05) is 47.6 Å². The Morgan fingerprint density at radius 3 is 2.35 bits per heavy atom. The molecular weight excluding hydrogens is 392 g/mol. The maximum atomic E-state index is 13.0. The van der Waals surface area contributed by atoms with Gasteiger partial charge in [-0.15, -0.1) is 0 Å². The molecule has 0 fully saturated rings. The number of hydrogen-bond acceptors (Lipinski definition) is 4. The van der Waals surface area contributed by atoms with Crippen molar-refractivity contribution in [1.82, 2.24) is 0 Å². The molecule has 0 unspecified atom stereocenters. The average Bonchev–Trinajstić information content (AvgIpc) is 2.72. The number of nitrogens with zero attached hydrogens (tertiary/aromatic N) is 3. The Labute approximate surface area is 180 Å². The van der Waals surface area contributed by atoms with Gasteiger partial charge in [0, 0.05) is 16.2 Å². The van der Waals surface area contributed by atoms with E-state index < -0.39 is 17.5 Å². The third kappa shape index (κ3) is 5.72. The molecule has 156 valence electrons. The van der Waals surface area contributed by atoms with Gasteiger partial charge in [0.1, 0.15) is 5.60 Å². The van der Waals surface area contributed by atoms with Crippen LogP contribution in [0.1, 0.15) is 36.7 Å². The van der Waals surface area contributed by atoms with Gasteiger partial charge >= 0.3 is 6.09 Å². The van der Waals surface area contributed by atoms with Crippen molar-refractivity contribution in [1.29, 1.82) is 0 Å². The lowest BCUT2D eigenvalue weighted by Crippen LogP contribution is -2.27. The Balaban J connectivity index is 1.86. The van der Waals surface area contributed by atoms with E-state index >= 15 is 0 Å². The van der Waals surface area contributed by atoms with Gasteiger partial charge in [0.25, 0.3) is 0 Å². The second-order valence-electron chi connectivity index (χ2n) is 7.82. The normalized spacial score (nSPS) is 11.5. The molecule has 7 heteroatoms. The number of ether oxygens (including phenoxy) is 1. The zero-order valence-corrected chi connectivity index (χ0v) is 17.5. The molecule has 0 atom stereocenters. The number of benzene rings is 3. The second-order valence-corrected chi connectivity index (χ2v) is 7.82. The lowest BCUT2D eigenvalue weighted by atomic mass is 10.0. The first-order valence-corrected chi connectivity index (χ1v) is 9.66. The summed E-state index contributed by atoms with van der Waals surface area (Å²) in [4.78, 5) is 27.6. The molecule has 7 nitrogen and oxygen atoms in total. The van der Waals surface area contributed by atoms with Crippen LogP contribution in [-0.2, 0) is 4.74 Å². The first kappa shape index (κ1) is 21.6. The largest absolute Gasteiger partial charge is 0.444 e. The van der Waals surface area contributed by atoms with E-state index in [9.17, 15) is 9.59 Å². The van der Waals surface area contributed by atoms with Crippen molar-refractivity contribution in [2.45, 2.75) is 26.4 Å². The number of carbonyl (C=O) groups excluding carboxylic acids is 2. The minimum Gasteiger partial charge on any atom is -0.444 e. The molecule has 1 amide bonds. The van der Waals surface area contributed by atoms with E-state index in [0.29, 0.717) is 11.3 Å². The molecule has 3 rings (SSSR count). The Bertz CT molecular complexity index is 1200. The van der Waals surface area contributed by atoms with Crippen LogP contribution in [-0.4, -0.2) is 17.5 Å². The maximum absolute atomic E-state index is 13.0. The number of nitrogens with one attached hydrogen (secondary N) is 1. The minimum absolute atomic E-state index is 0.0216. The first-order chi connectivity index (χ1) is 14.8. The summed E-state index contributed by atoms with van der Waals surface area (Å²) in [7, 11) is 0. The zero-order valence-electron chi connectivity index (χ0n) is 17.5. The van der Waals surface area contributed by atoms with Crippen molar-refractivity contribution in [2.75, 3.05) is 5.32 Å². The summed E-state index contributed by atoms with van der Waals surface area (Å²) in [6.45, 7) is 5.32. The van der Waals surface area contributed by atoms with Gasteiger partial charge in [0.15, 0.2) is 5.78 Å².